The normalized spacial score (nSPS) is 12.7. The standard InChI is InChI=1S/C76H132O6/c1-4-7-10-13-16-19-22-25-28-30-32-34-35-36-37-38-39-40-41-43-44-46-48-51-54-57-60-63-66-69-75(78)81-72-73(71-80-74(77)68-65-62-59-56-53-50-27-24-21-18-15-12-9-6-3)82-76(79)70-67-64-61-58-55-52-49-47-45-42-33-31-29-26-23-20-17-14-11-8-5-2/h8,11,17,20,22,24-27,29-30,32-33,42,47,49,73H,4-7,9-10,12-16,18-19,21,23,28,31,34-41,43-46,48,50-72H2,1-3H3/b11-8-,20-17-,25-22-,27-24-,29-26-,32-30-,42-33-,49-47-. The number of ether oxygens (including phenoxy) is 3. The molecule has 0 aromatic rings. The molecule has 0 radical (unpaired) electrons. The van der Waals surface area contributed by atoms with Gasteiger partial charge >= 0.3 is 17.9 Å². The van der Waals surface area contributed by atoms with Gasteiger partial charge < -0.3 is 14.2 Å². The van der Waals surface area contributed by atoms with E-state index >= 15 is 0 Å². The van der Waals surface area contributed by atoms with Crippen LogP contribution in [0.1, 0.15) is 348 Å². The Kier molecular flexibility index (Phi) is 66.7. The van der Waals surface area contributed by atoms with E-state index in [1.54, 1.807) is 0 Å². The van der Waals surface area contributed by atoms with E-state index in [1.807, 2.05) is 0 Å². The van der Waals surface area contributed by atoms with Gasteiger partial charge in [-0.15, -0.1) is 0 Å². The minimum absolute atomic E-state index is 0.0861. The van der Waals surface area contributed by atoms with Gasteiger partial charge in [-0.3, -0.25) is 14.4 Å². The molecule has 6 nitrogen and oxygen atoms in total. The maximum atomic E-state index is 12.9. The van der Waals surface area contributed by atoms with Crippen LogP contribution in [0.4, 0.5) is 0 Å². The van der Waals surface area contributed by atoms with E-state index in [0.29, 0.717) is 19.3 Å². The molecular weight excluding hydrogens is 1010 g/mol. The minimum atomic E-state index is -0.793. The van der Waals surface area contributed by atoms with Crippen molar-refractivity contribution < 1.29 is 28.6 Å². The summed E-state index contributed by atoms with van der Waals surface area (Å²) in [5.74, 6) is -0.899. The van der Waals surface area contributed by atoms with E-state index in [0.717, 1.165) is 122 Å². The van der Waals surface area contributed by atoms with Gasteiger partial charge in [0, 0.05) is 19.3 Å². The summed E-state index contributed by atoms with van der Waals surface area (Å²) in [6.45, 7) is 6.52. The molecule has 0 saturated heterocycles. The molecule has 1 atom stereocenters. The Hall–Kier alpha value is -3.67. The molecule has 0 N–H and O–H groups in total. The minimum Gasteiger partial charge on any atom is -0.462 e. The van der Waals surface area contributed by atoms with Gasteiger partial charge in [-0.25, -0.2) is 0 Å². The van der Waals surface area contributed by atoms with Crippen molar-refractivity contribution in [1.29, 1.82) is 0 Å². The zero-order chi connectivity index (χ0) is 59.2. The Morgan fingerprint density at radius 3 is 0.756 bits per heavy atom. The molecule has 472 valence electrons. The molecule has 0 aromatic heterocycles. The first kappa shape index (κ1) is 78.3. The summed E-state index contributed by atoms with van der Waals surface area (Å²) in [5, 5.41) is 0. The van der Waals surface area contributed by atoms with E-state index in [-0.39, 0.29) is 31.1 Å². The van der Waals surface area contributed by atoms with E-state index in [1.165, 1.54) is 186 Å². The lowest BCUT2D eigenvalue weighted by molar-refractivity contribution is -0.167. The Morgan fingerprint density at radius 1 is 0.256 bits per heavy atom. The molecular formula is C76H132O6. The van der Waals surface area contributed by atoms with Crippen LogP contribution < -0.4 is 0 Å². The average molecular weight is 1140 g/mol. The molecule has 0 aromatic carbocycles. The third-order valence-electron chi connectivity index (χ3n) is 15.3. The van der Waals surface area contributed by atoms with Crippen LogP contribution in [-0.4, -0.2) is 37.2 Å². The highest BCUT2D eigenvalue weighted by Crippen LogP contribution is 2.17. The lowest BCUT2D eigenvalue weighted by Crippen LogP contribution is -2.30. The lowest BCUT2D eigenvalue weighted by Gasteiger charge is -2.18. The number of allylic oxidation sites excluding steroid dienone is 16. The number of carbonyl (C=O) groups is 3. The highest BCUT2D eigenvalue weighted by molar-refractivity contribution is 5.71. The molecule has 0 aliphatic carbocycles. The Labute approximate surface area is 508 Å². The van der Waals surface area contributed by atoms with Gasteiger partial charge in [-0.05, 0) is 122 Å². The fraction of sp³-hybridized carbons (Fsp3) is 0.750. The summed E-state index contributed by atoms with van der Waals surface area (Å²) in [7, 11) is 0. The first-order chi connectivity index (χ1) is 40.5. The molecule has 0 aliphatic heterocycles. The van der Waals surface area contributed by atoms with Crippen molar-refractivity contribution in [2.75, 3.05) is 13.2 Å². The number of unbranched alkanes of at least 4 members (excludes halogenated alkanes) is 37. The van der Waals surface area contributed by atoms with Crippen LogP contribution in [0.25, 0.3) is 0 Å². The predicted molar refractivity (Wildman–Crippen MR) is 357 cm³/mol. The van der Waals surface area contributed by atoms with Crippen molar-refractivity contribution in [1.82, 2.24) is 0 Å². The van der Waals surface area contributed by atoms with Crippen molar-refractivity contribution >= 4 is 17.9 Å². The maximum Gasteiger partial charge on any atom is 0.306 e. The van der Waals surface area contributed by atoms with Crippen molar-refractivity contribution in [3.05, 3.63) is 97.2 Å². The van der Waals surface area contributed by atoms with Crippen molar-refractivity contribution in [3.63, 3.8) is 0 Å². The SMILES string of the molecule is CC/C=C\C/C=C\C/C=C\C/C=C\C/C=C\CCCCCCCC(=O)OC(COC(=O)CCCCCCC/C=C\CCCCCCC)COC(=O)CCCCCCCCCCCCCCCCCCC/C=C\C/C=C\CCCCCCC. The highest BCUT2D eigenvalue weighted by atomic mass is 16.6. The maximum absolute atomic E-state index is 12.9. The molecule has 6 heteroatoms. The molecule has 0 heterocycles. The Bertz CT molecular complexity index is 1590. The fourth-order valence-electron chi connectivity index (χ4n) is 10.0. The van der Waals surface area contributed by atoms with Crippen LogP contribution in [-0.2, 0) is 28.6 Å². The summed E-state index contributed by atoms with van der Waals surface area (Å²) in [4.78, 5) is 38.4. The van der Waals surface area contributed by atoms with Gasteiger partial charge in [0.1, 0.15) is 13.2 Å². The second kappa shape index (κ2) is 69.8. The third-order valence-corrected chi connectivity index (χ3v) is 15.3. The van der Waals surface area contributed by atoms with Gasteiger partial charge in [0.25, 0.3) is 0 Å². The second-order valence-electron chi connectivity index (χ2n) is 23.4. The summed E-state index contributed by atoms with van der Waals surface area (Å²) in [6.07, 6.45) is 94.3. The number of esters is 3. The first-order valence-corrected chi connectivity index (χ1v) is 35.2. The van der Waals surface area contributed by atoms with E-state index < -0.39 is 6.10 Å². The van der Waals surface area contributed by atoms with E-state index in [2.05, 4.69) is 118 Å². The summed E-state index contributed by atoms with van der Waals surface area (Å²) in [6, 6.07) is 0. The summed E-state index contributed by atoms with van der Waals surface area (Å²) in [5.41, 5.74) is 0. The predicted octanol–water partition coefficient (Wildman–Crippen LogP) is 24.4. The molecule has 0 amide bonds. The quantitative estimate of drug-likeness (QED) is 0.0261. The number of carbonyl (C=O) groups excluding carboxylic acids is 3. The molecule has 0 bridgehead atoms. The van der Waals surface area contributed by atoms with Gasteiger partial charge in [0.2, 0.25) is 0 Å². The van der Waals surface area contributed by atoms with Crippen molar-refractivity contribution in [3.8, 4) is 0 Å². The van der Waals surface area contributed by atoms with Crippen LogP contribution in [0, 0.1) is 0 Å². The molecule has 1 unspecified atom stereocenters. The topological polar surface area (TPSA) is 78.9 Å². The average Bonchev–Trinajstić information content (AvgIpc) is 3.47. The van der Waals surface area contributed by atoms with Crippen LogP contribution in [0.5, 0.6) is 0 Å². The molecule has 0 spiro atoms. The van der Waals surface area contributed by atoms with Crippen molar-refractivity contribution in [2.45, 2.75) is 354 Å². The monoisotopic (exact) mass is 1140 g/mol. The summed E-state index contributed by atoms with van der Waals surface area (Å²) >= 11 is 0. The van der Waals surface area contributed by atoms with Gasteiger partial charge in [-0.1, -0.05) is 304 Å². The number of hydrogen-bond donors (Lipinski definition) is 0. The number of rotatable bonds is 64. The van der Waals surface area contributed by atoms with Crippen LogP contribution in [0.2, 0.25) is 0 Å². The Morgan fingerprint density at radius 2 is 0.476 bits per heavy atom. The van der Waals surface area contributed by atoms with Crippen LogP contribution >= 0.6 is 0 Å². The lowest BCUT2D eigenvalue weighted by atomic mass is 10.0. The van der Waals surface area contributed by atoms with Gasteiger partial charge in [-0.2, -0.15) is 0 Å². The van der Waals surface area contributed by atoms with E-state index in [4.69, 9.17) is 14.2 Å². The van der Waals surface area contributed by atoms with Gasteiger partial charge in [0.15, 0.2) is 6.10 Å². The van der Waals surface area contributed by atoms with E-state index in [9.17, 15) is 14.4 Å². The molecule has 0 fully saturated rings. The zero-order valence-corrected chi connectivity index (χ0v) is 54.2. The fourth-order valence-corrected chi connectivity index (χ4v) is 10.0. The highest BCUT2D eigenvalue weighted by Gasteiger charge is 2.19. The zero-order valence-electron chi connectivity index (χ0n) is 54.2. The van der Waals surface area contributed by atoms with Crippen LogP contribution in [0.15, 0.2) is 97.2 Å². The summed E-state index contributed by atoms with van der Waals surface area (Å²) < 4.78 is 17.0. The largest absolute Gasteiger partial charge is 0.462 e. The second-order valence-corrected chi connectivity index (χ2v) is 23.4. The number of hydrogen-bond acceptors (Lipinski definition) is 6. The molecule has 0 aliphatic rings. The molecule has 0 saturated carbocycles. The first-order valence-electron chi connectivity index (χ1n) is 35.2. The molecule has 0 rings (SSSR count). The van der Waals surface area contributed by atoms with Crippen molar-refractivity contribution in [2.24, 2.45) is 0 Å². The van der Waals surface area contributed by atoms with Crippen LogP contribution in [0.3, 0.4) is 0 Å². The van der Waals surface area contributed by atoms with Gasteiger partial charge in [0.05, 0.1) is 0 Å². The Balaban J connectivity index is 4.29. The third kappa shape index (κ3) is 67.1. The molecule has 82 heavy (non-hydrogen) atoms. The smallest absolute Gasteiger partial charge is 0.306 e.